The van der Waals surface area contributed by atoms with Crippen LogP contribution in [0.1, 0.15) is 43.5 Å². The van der Waals surface area contributed by atoms with Crippen molar-refractivity contribution in [3.8, 4) is 11.1 Å². The first-order valence-corrected chi connectivity index (χ1v) is 12.5. The summed E-state index contributed by atoms with van der Waals surface area (Å²) in [5.41, 5.74) is 0.0875. The van der Waals surface area contributed by atoms with Gasteiger partial charge in [0.25, 0.3) is 0 Å². The molecule has 2 heterocycles. The van der Waals surface area contributed by atoms with Gasteiger partial charge in [-0.05, 0) is 48.6 Å². The molecule has 1 aliphatic heterocycles. The summed E-state index contributed by atoms with van der Waals surface area (Å²) in [6.07, 6.45) is -4.71. The second kappa shape index (κ2) is 10.6. The molecule has 38 heavy (non-hydrogen) atoms. The van der Waals surface area contributed by atoms with Crippen molar-refractivity contribution >= 4 is 6.09 Å². The van der Waals surface area contributed by atoms with Gasteiger partial charge in [-0.3, -0.25) is 4.79 Å². The molecule has 1 fully saturated rings. The minimum atomic E-state index is -4.42. The quantitative estimate of drug-likeness (QED) is 0.400. The number of rotatable bonds is 8. The molecular formula is C29H31F3N2O4. The van der Waals surface area contributed by atoms with Crippen molar-refractivity contribution in [2.45, 2.75) is 56.9 Å². The first-order chi connectivity index (χ1) is 17.8. The Kier molecular flexibility index (Phi) is 7.69. The van der Waals surface area contributed by atoms with E-state index in [2.05, 4.69) is 4.98 Å². The van der Waals surface area contributed by atoms with E-state index in [4.69, 9.17) is 4.74 Å². The average molecular weight is 529 g/mol. The number of hydrogen-bond acceptors (Lipinski definition) is 4. The Bertz CT molecular complexity index is 1310. The van der Waals surface area contributed by atoms with E-state index in [0.717, 1.165) is 11.1 Å². The Balaban J connectivity index is 1.41. The molecule has 9 heteroatoms. The van der Waals surface area contributed by atoms with Crippen LogP contribution in [0.25, 0.3) is 11.1 Å². The maximum Gasteiger partial charge on any atom is 0.410 e. The lowest BCUT2D eigenvalue weighted by molar-refractivity contribution is -0.127. The van der Waals surface area contributed by atoms with Gasteiger partial charge in [-0.15, -0.1) is 0 Å². The monoisotopic (exact) mass is 528 g/mol. The van der Waals surface area contributed by atoms with E-state index in [-0.39, 0.29) is 12.1 Å². The lowest BCUT2D eigenvalue weighted by atomic mass is 9.80. The molecule has 0 radical (unpaired) electrons. The van der Waals surface area contributed by atoms with E-state index in [0.29, 0.717) is 37.1 Å². The highest BCUT2D eigenvalue weighted by molar-refractivity contribution is 5.69. The number of nitrogens with zero attached hydrogens (tertiary/aromatic N) is 1. The summed E-state index contributed by atoms with van der Waals surface area (Å²) in [5, 5.41) is 10.5. The van der Waals surface area contributed by atoms with E-state index in [1.165, 1.54) is 12.1 Å². The number of nitrogens with one attached hydrogen (secondary N) is 1. The van der Waals surface area contributed by atoms with E-state index in [1.807, 2.05) is 42.5 Å². The molecule has 6 nitrogen and oxygen atoms in total. The number of aromatic nitrogens is 1. The molecule has 2 N–H and O–H groups in total. The summed E-state index contributed by atoms with van der Waals surface area (Å²) in [4.78, 5) is 28.7. The van der Waals surface area contributed by atoms with Crippen molar-refractivity contribution in [3.05, 3.63) is 93.9 Å². The molecule has 0 saturated carbocycles. The molecule has 1 amide bonds. The summed E-state index contributed by atoms with van der Waals surface area (Å²) in [5.74, 6) is 0. The Morgan fingerprint density at radius 3 is 2.29 bits per heavy atom. The lowest BCUT2D eigenvalue weighted by Crippen LogP contribution is -2.51. The van der Waals surface area contributed by atoms with Crippen LogP contribution < -0.4 is 5.56 Å². The van der Waals surface area contributed by atoms with Gasteiger partial charge in [0.2, 0.25) is 5.56 Å². The lowest BCUT2D eigenvalue weighted by Gasteiger charge is -2.44. The van der Waals surface area contributed by atoms with Crippen molar-refractivity contribution in [2.24, 2.45) is 0 Å². The largest absolute Gasteiger partial charge is 0.438 e. The molecule has 2 aromatic carbocycles. The Labute approximate surface area is 219 Å². The zero-order valence-electron chi connectivity index (χ0n) is 21.3. The fourth-order valence-electron chi connectivity index (χ4n) is 4.97. The molecule has 0 aliphatic carbocycles. The van der Waals surface area contributed by atoms with E-state index in [1.54, 1.807) is 30.9 Å². The van der Waals surface area contributed by atoms with Crippen molar-refractivity contribution in [2.75, 3.05) is 13.1 Å². The predicted molar refractivity (Wildman–Crippen MR) is 138 cm³/mol. The highest BCUT2D eigenvalue weighted by atomic mass is 19.4. The maximum atomic E-state index is 13.0. The van der Waals surface area contributed by atoms with Crippen LogP contribution in [0.2, 0.25) is 0 Å². The standard InChI is InChI=1S/C29H31F3N2O4/c1-27(2,37)19-28(23-6-4-3-5-7-23)13-15-34(26(36)38-28)14-12-20-8-10-21(11-9-20)22-16-24(18-29(30,31)32)33-25(35)17-22/h3-11,16-17,37H,12-15,18-19H2,1-2H3,(H,33,35)/t28-/m0/s1. The second-order valence-electron chi connectivity index (χ2n) is 10.5. The number of carbonyl (C=O) groups is 1. The Morgan fingerprint density at radius 2 is 1.68 bits per heavy atom. The minimum absolute atomic E-state index is 0.191. The van der Waals surface area contributed by atoms with E-state index >= 15 is 0 Å². The first-order valence-electron chi connectivity index (χ1n) is 12.5. The third-order valence-corrected chi connectivity index (χ3v) is 6.59. The number of alkyl halides is 3. The van der Waals surface area contributed by atoms with Crippen LogP contribution in [-0.4, -0.2) is 46.0 Å². The fourth-order valence-corrected chi connectivity index (χ4v) is 4.97. The summed E-state index contributed by atoms with van der Waals surface area (Å²) >= 11 is 0. The Hall–Kier alpha value is -3.59. The topological polar surface area (TPSA) is 82.6 Å². The van der Waals surface area contributed by atoms with Crippen LogP contribution in [0, 0.1) is 0 Å². The van der Waals surface area contributed by atoms with Crippen LogP contribution in [-0.2, 0) is 23.2 Å². The number of H-pyrrole nitrogens is 1. The van der Waals surface area contributed by atoms with Crippen LogP contribution >= 0.6 is 0 Å². The summed E-state index contributed by atoms with van der Waals surface area (Å²) in [6, 6.07) is 19.2. The highest BCUT2D eigenvalue weighted by Crippen LogP contribution is 2.40. The van der Waals surface area contributed by atoms with Crippen LogP contribution in [0.4, 0.5) is 18.0 Å². The summed E-state index contributed by atoms with van der Waals surface area (Å²) in [7, 11) is 0. The molecule has 0 unspecified atom stereocenters. The van der Waals surface area contributed by atoms with Gasteiger partial charge >= 0.3 is 12.3 Å². The molecular weight excluding hydrogens is 497 g/mol. The predicted octanol–water partition coefficient (Wildman–Crippen LogP) is 5.59. The van der Waals surface area contributed by atoms with Gasteiger partial charge in [0.05, 0.1) is 12.0 Å². The van der Waals surface area contributed by atoms with Gasteiger partial charge in [0.1, 0.15) is 5.60 Å². The fraction of sp³-hybridized carbons (Fsp3) is 0.379. The summed E-state index contributed by atoms with van der Waals surface area (Å²) < 4.78 is 44.3. The third-order valence-electron chi connectivity index (χ3n) is 6.59. The van der Waals surface area contributed by atoms with Gasteiger partial charge in [0, 0.05) is 37.7 Å². The van der Waals surface area contributed by atoms with E-state index < -0.39 is 35.5 Å². The second-order valence-corrected chi connectivity index (χ2v) is 10.5. The van der Waals surface area contributed by atoms with Gasteiger partial charge < -0.3 is 19.7 Å². The van der Waals surface area contributed by atoms with Crippen molar-refractivity contribution in [1.29, 1.82) is 0 Å². The normalized spacial score (nSPS) is 18.4. The average Bonchev–Trinajstić information content (AvgIpc) is 2.82. The smallest absolute Gasteiger partial charge is 0.410 e. The van der Waals surface area contributed by atoms with Gasteiger partial charge in [-0.25, -0.2) is 4.79 Å². The summed E-state index contributed by atoms with van der Waals surface area (Å²) in [6.45, 7) is 4.29. The SMILES string of the molecule is CC(C)(O)C[C@]1(c2ccccc2)CCN(CCc2ccc(-c3cc(CC(F)(F)F)[nH]c(=O)c3)cc2)C(=O)O1. The number of aliphatic hydroxyl groups is 1. The molecule has 1 saturated heterocycles. The third kappa shape index (κ3) is 7.04. The molecule has 1 aliphatic rings. The van der Waals surface area contributed by atoms with Crippen LogP contribution in [0.3, 0.4) is 0 Å². The number of amides is 1. The number of benzene rings is 2. The number of hydrogen-bond donors (Lipinski definition) is 2. The Morgan fingerprint density at radius 1 is 1.00 bits per heavy atom. The van der Waals surface area contributed by atoms with E-state index in [9.17, 15) is 27.9 Å². The highest BCUT2D eigenvalue weighted by Gasteiger charge is 2.45. The number of carbonyl (C=O) groups excluding carboxylic acids is 1. The molecule has 1 aromatic heterocycles. The van der Waals surface area contributed by atoms with Crippen molar-refractivity contribution in [3.63, 3.8) is 0 Å². The van der Waals surface area contributed by atoms with Gasteiger partial charge in [-0.2, -0.15) is 13.2 Å². The molecule has 0 bridgehead atoms. The molecule has 4 rings (SSSR count). The molecule has 0 spiro atoms. The molecule has 1 atom stereocenters. The molecule has 3 aromatic rings. The number of ether oxygens (including phenoxy) is 1. The first kappa shape index (κ1) is 27.4. The van der Waals surface area contributed by atoms with Crippen molar-refractivity contribution in [1.82, 2.24) is 9.88 Å². The number of halogens is 3. The minimum Gasteiger partial charge on any atom is -0.438 e. The van der Waals surface area contributed by atoms with Crippen molar-refractivity contribution < 1.29 is 27.8 Å². The van der Waals surface area contributed by atoms with Crippen LogP contribution in [0.15, 0.2) is 71.5 Å². The maximum absolute atomic E-state index is 13.0. The zero-order chi connectivity index (χ0) is 27.6. The zero-order valence-corrected chi connectivity index (χ0v) is 21.3. The van der Waals surface area contributed by atoms with Gasteiger partial charge in [-0.1, -0.05) is 54.6 Å². The van der Waals surface area contributed by atoms with Gasteiger partial charge in [0.15, 0.2) is 0 Å². The number of aromatic amines is 1. The van der Waals surface area contributed by atoms with Crippen LogP contribution in [0.5, 0.6) is 0 Å². The number of cyclic esters (lactones) is 1. The molecule has 202 valence electrons. The number of pyridine rings is 1.